The van der Waals surface area contributed by atoms with Crippen LogP contribution in [-0.2, 0) is 7.05 Å². The third-order valence-electron chi connectivity index (χ3n) is 4.20. The minimum atomic E-state index is -0.205. The summed E-state index contributed by atoms with van der Waals surface area (Å²) in [4.78, 5) is 18.8. The number of hydrazone groups is 1. The van der Waals surface area contributed by atoms with Crippen molar-refractivity contribution in [2.24, 2.45) is 12.1 Å². The lowest BCUT2D eigenvalue weighted by atomic mass is 10.1. The van der Waals surface area contributed by atoms with E-state index in [2.05, 4.69) is 39.5 Å². The van der Waals surface area contributed by atoms with Crippen molar-refractivity contribution in [3.63, 3.8) is 0 Å². The van der Waals surface area contributed by atoms with Gasteiger partial charge in [-0.15, -0.1) is 12.8 Å². The number of terminal acetylenes is 1. The molecule has 0 aliphatic carbocycles. The van der Waals surface area contributed by atoms with Crippen LogP contribution in [0, 0.1) is 29.6 Å². The lowest BCUT2D eigenvalue weighted by Gasteiger charge is -2.32. The van der Waals surface area contributed by atoms with Crippen LogP contribution in [0.25, 0.3) is 0 Å². The van der Waals surface area contributed by atoms with Crippen molar-refractivity contribution in [3.8, 4) is 24.8 Å². The molecule has 30 heavy (non-hydrogen) atoms. The molecular formula is C20H22N8O2. The first-order valence-electron chi connectivity index (χ1n) is 9.08. The van der Waals surface area contributed by atoms with E-state index in [1.165, 1.54) is 17.1 Å². The molecule has 0 aromatic carbocycles. The average Bonchev–Trinajstić information content (AvgIpc) is 3.15. The normalized spacial score (nSPS) is 15.5. The molecule has 1 aliphatic rings. The quantitative estimate of drug-likeness (QED) is 0.426. The van der Waals surface area contributed by atoms with Crippen LogP contribution in [0.1, 0.15) is 28.8 Å². The maximum absolute atomic E-state index is 13.0. The standard InChI is InChI=1S/C18H20N8O2.C2H2/c1-25-12-15(17(24-25)23-22-7-5-19)18(27)26-8-2-3-14(11-26)28-16-9-13(10-20)4-6-21-16;1-2/h4-7,9,12,14,19H,2-3,8,11H2,1H3,(H,23,24);1-2H/b19-5?,22-7-;/t14-;/m1./s1. The van der Waals surface area contributed by atoms with Crippen molar-refractivity contribution in [3.05, 3.63) is 35.7 Å². The number of piperidine rings is 1. The summed E-state index contributed by atoms with van der Waals surface area (Å²) in [5, 5.41) is 24.0. The van der Waals surface area contributed by atoms with Gasteiger partial charge >= 0.3 is 0 Å². The van der Waals surface area contributed by atoms with Gasteiger partial charge in [-0.05, 0) is 18.9 Å². The fraction of sp³-hybridized carbons (Fsp3) is 0.300. The molecule has 1 amide bonds. The first-order valence-corrected chi connectivity index (χ1v) is 9.08. The number of nitrogens with zero attached hydrogens (tertiary/aromatic N) is 6. The molecule has 154 valence electrons. The molecule has 10 heteroatoms. The van der Waals surface area contributed by atoms with Crippen LogP contribution in [0.5, 0.6) is 5.88 Å². The highest BCUT2D eigenvalue weighted by molar-refractivity contribution is 6.14. The molecule has 0 saturated carbocycles. The smallest absolute Gasteiger partial charge is 0.259 e. The van der Waals surface area contributed by atoms with Gasteiger partial charge in [0.05, 0.1) is 24.4 Å². The Balaban J connectivity index is 0.00000155. The summed E-state index contributed by atoms with van der Waals surface area (Å²) in [6.07, 6.45) is 14.8. The molecule has 1 fully saturated rings. The molecule has 3 heterocycles. The van der Waals surface area contributed by atoms with Gasteiger partial charge in [0.2, 0.25) is 5.88 Å². The van der Waals surface area contributed by atoms with E-state index in [0.717, 1.165) is 19.1 Å². The second-order valence-corrected chi connectivity index (χ2v) is 6.25. The Labute approximate surface area is 174 Å². The number of hydrogen-bond acceptors (Lipinski definition) is 8. The second-order valence-electron chi connectivity index (χ2n) is 6.25. The highest BCUT2D eigenvalue weighted by Gasteiger charge is 2.28. The second kappa shape index (κ2) is 11.0. The number of carbonyl (C=O) groups is 1. The van der Waals surface area contributed by atoms with E-state index in [4.69, 9.17) is 15.4 Å². The molecule has 0 spiro atoms. The number of amides is 1. The minimum absolute atomic E-state index is 0.173. The highest BCUT2D eigenvalue weighted by atomic mass is 16.5. The summed E-state index contributed by atoms with van der Waals surface area (Å²) in [6, 6.07) is 5.26. The molecule has 1 saturated heterocycles. The zero-order valence-electron chi connectivity index (χ0n) is 16.5. The van der Waals surface area contributed by atoms with Gasteiger partial charge in [0, 0.05) is 38.3 Å². The molecule has 2 N–H and O–H groups in total. The minimum Gasteiger partial charge on any atom is -0.472 e. The number of aromatic nitrogens is 3. The number of nitriles is 1. The van der Waals surface area contributed by atoms with Crippen molar-refractivity contribution < 1.29 is 9.53 Å². The number of pyridine rings is 1. The number of likely N-dealkylation sites (tertiary alicyclic amines) is 1. The van der Waals surface area contributed by atoms with E-state index in [1.54, 1.807) is 30.3 Å². The van der Waals surface area contributed by atoms with Crippen molar-refractivity contribution in [2.75, 3.05) is 18.5 Å². The van der Waals surface area contributed by atoms with Crippen LogP contribution >= 0.6 is 0 Å². The van der Waals surface area contributed by atoms with Crippen LogP contribution < -0.4 is 10.2 Å². The lowest BCUT2D eigenvalue weighted by molar-refractivity contribution is 0.0528. The summed E-state index contributed by atoms with van der Waals surface area (Å²) < 4.78 is 7.42. The summed E-state index contributed by atoms with van der Waals surface area (Å²) >= 11 is 0. The Bertz CT molecular complexity index is 973. The van der Waals surface area contributed by atoms with Gasteiger partial charge in [-0.1, -0.05) is 0 Å². The molecule has 1 atom stereocenters. The van der Waals surface area contributed by atoms with E-state index in [9.17, 15) is 4.79 Å². The number of aryl methyl sites for hydroxylation is 1. The van der Waals surface area contributed by atoms with E-state index in [-0.39, 0.29) is 12.0 Å². The van der Waals surface area contributed by atoms with E-state index >= 15 is 0 Å². The van der Waals surface area contributed by atoms with Crippen LogP contribution in [0.3, 0.4) is 0 Å². The third-order valence-corrected chi connectivity index (χ3v) is 4.20. The van der Waals surface area contributed by atoms with Gasteiger partial charge < -0.3 is 15.0 Å². The highest BCUT2D eigenvalue weighted by Crippen LogP contribution is 2.21. The molecule has 10 nitrogen and oxygen atoms in total. The van der Waals surface area contributed by atoms with E-state index in [1.807, 2.05) is 0 Å². The van der Waals surface area contributed by atoms with Crippen molar-refractivity contribution in [1.82, 2.24) is 19.7 Å². The van der Waals surface area contributed by atoms with Crippen LogP contribution in [-0.4, -0.2) is 57.2 Å². The zero-order chi connectivity index (χ0) is 21.9. The van der Waals surface area contributed by atoms with Gasteiger partial charge in [0.25, 0.3) is 5.91 Å². The molecule has 0 radical (unpaired) electrons. The molecule has 3 rings (SSSR count). The monoisotopic (exact) mass is 406 g/mol. The van der Waals surface area contributed by atoms with E-state index in [0.29, 0.717) is 35.9 Å². The fourth-order valence-electron chi connectivity index (χ4n) is 2.97. The maximum Gasteiger partial charge on any atom is 0.259 e. The molecule has 2 aromatic rings. The lowest BCUT2D eigenvalue weighted by Crippen LogP contribution is -2.44. The first kappa shape index (κ1) is 22.1. The Hall–Kier alpha value is -4.18. The SMILES string of the molecule is C#C.Cn1cc(C(=O)N2CCC[C@@H](Oc3cc(C#N)ccn3)C2)c(N/N=C\C=N)n1. The summed E-state index contributed by atoms with van der Waals surface area (Å²) in [6.45, 7) is 1.03. The predicted molar refractivity (Wildman–Crippen MR) is 113 cm³/mol. The number of hydrogen-bond donors (Lipinski definition) is 2. The summed E-state index contributed by atoms with van der Waals surface area (Å²) in [5.41, 5.74) is 3.56. The van der Waals surface area contributed by atoms with Crippen LogP contribution in [0.15, 0.2) is 29.6 Å². The maximum atomic E-state index is 13.0. The van der Waals surface area contributed by atoms with Gasteiger partial charge in [0.1, 0.15) is 11.7 Å². The van der Waals surface area contributed by atoms with Gasteiger partial charge in [-0.3, -0.25) is 14.9 Å². The average molecular weight is 406 g/mol. The number of carbonyl (C=O) groups excluding carboxylic acids is 1. The largest absolute Gasteiger partial charge is 0.472 e. The van der Waals surface area contributed by atoms with Crippen LogP contribution in [0.2, 0.25) is 0 Å². The molecule has 1 aliphatic heterocycles. The Morgan fingerprint density at radius 1 is 1.53 bits per heavy atom. The van der Waals surface area contributed by atoms with Crippen molar-refractivity contribution in [2.45, 2.75) is 18.9 Å². The molecule has 0 unspecified atom stereocenters. The number of nitrogens with one attached hydrogen (secondary N) is 2. The third kappa shape index (κ3) is 5.66. The Kier molecular flexibility index (Phi) is 8.09. The Morgan fingerprint density at radius 3 is 3.07 bits per heavy atom. The predicted octanol–water partition coefficient (Wildman–Crippen LogP) is 1.67. The van der Waals surface area contributed by atoms with Crippen molar-refractivity contribution >= 4 is 24.2 Å². The molecule has 0 bridgehead atoms. The van der Waals surface area contributed by atoms with Crippen molar-refractivity contribution in [1.29, 1.82) is 10.7 Å². The first-order chi connectivity index (χ1) is 14.6. The number of anilines is 1. The summed E-state index contributed by atoms with van der Waals surface area (Å²) in [7, 11) is 1.72. The van der Waals surface area contributed by atoms with Crippen LogP contribution in [0.4, 0.5) is 5.82 Å². The topological polar surface area (TPSA) is 132 Å². The molecular weight excluding hydrogens is 384 g/mol. The summed E-state index contributed by atoms with van der Waals surface area (Å²) in [5.74, 6) is 0.535. The van der Waals surface area contributed by atoms with Gasteiger partial charge in [-0.25, -0.2) is 4.98 Å². The number of rotatable bonds is 6. The van der Waals surface area contributed by atoms with E-state index < -0.39 is 0 Å². The molecule has 2 aromatic heterocycles. The number of ether oxygens (including phenoxy) is 1. The van der Waals surface area contributed by atoms with Gasteiger partial charge in [0.15, 0.2) is 5.82 Å². The Morgan fingerprint density at radius 2 is 2.33 bits per heavy atom. The fourth-order valence-corrected chi connectivity index (χ4v) is 2.97. The zero-order valence-corrected chi connectivity index (χ0v) is 16.5. The van der Waals surface area contributed by atoms with Gasteiger partial charge in [-0.2, -0.15) is 15.5 Å².